The molecule has 3 nitrogen and oxygen atoms in total. The van der Waals surface area contributed by atoms with Crippen molar-refractivity contribution < 1.29 is 17.6 Å². The lowest BCUT2D eigenvalue weighted by Crippen LogP contribution is -2.07. The maximum atomic E-state index is 13.5. The molecule has 0 spiro atoms. The Morgan fingerprint density at radius 3 is 2.45 bits per heavy atom. The van der Waals surface area contributed by atoms with E-state index in [1.807, 2.05) is 0 Å². The molecule has 0 amide bonds. The van der Waals surface area contributed by atoms with Gasteiger partial charge >= 0.3 is 6.18 Å². The first-order valence-electron chi connectivity index (χ1n) is 5.62. The maximum Gasteiger partial charge on any atom is 0.419 e. The molecule has 0 radical (unpaired) electrons. The predicted octanol–water partition coefficient (Wildman–Crippen LogP) is 3.55. The third-order valence-corrected chi connectivity index (χ3v) is 2.90. The van der Waals surface area contributed by atoms with Gasteiger partial charge in [0.15, 0.2) is 5.65 Å². The third-order valence-electron chi connectivity index (χ3n) is 2.90. The van der Waals surface area contributed by atoms with Crippen LogP contribution < -0.4 is 0 Å². The van der Waals surface area contributed by atoms with Crippen molar-refractivity contribution >= 4 is 5.65 Å². The summed E-state index contributed by atoms with van der Waals surface area (Å²) in [7, 11) is 0. The molecule has 102 valence electrons. The van der Waals surface area contributed by atoms with Gasteiger partial charge in [0.05, 0.1) is 5.56 Å². The van der Waals surface area contributed by atoms with Gasteiger partial charge in [0.25, 0.3) is 0 Å². The van der Waals surface area contributed by atoms with E-state index in [1.165, 1.54) is 12.4 Å². The molecule has 0 bridgehead atoms. The Balaban J connectivity index is 2.08. The minimum Gasteiger partial charge on any atom is -0.288 e. The van der Waals surface area contributed by atoms with Crippen LogP contribution in [0.1, 0.15) is 5.56 Å². The van der Waals surface area contributed by atoms with Gasteiger partial charge in [-0.1, -0.05) is 6.07 Å². The summed E-state index contributed by atoms with van der Waals surface area (Å²) in [5, 5.41) is 7.50. The molecule has 0 aliphatic carbocycles. The summed E-state index contributed by atoms with van der Waals surface area (Å²) < 4.78 is 52.6. The lowest BCUT2D eigenvalue weighted by Gasteiger charge is -2.09. The third kappa shape index (κ3) is 2.11. The highest BCUT2D eigenvalue weighted by molar-refractivity contribution is 5.65. The van der Waals surface area contributed by atoms with Crippen molar-refractivity contribution in [3.05, 3.63) is 54.2 Å². The molecule has 2 aromatic heterocycles. The molecule has 20 heavy (non-hydrogen) atoms. The van der Waals surface area contributed by atoms with Crippen LogP contribution in [0.2, 0.25) is 0 Å². The van der Waals surface area contributed by atoms with Crippen molar-refractivity contribution in [2.24, 2.45) is 0 Å². The van der Waals surface area contributed by atoms with E-state index in [0.717, 1.165) is 12.1 Å². The average Bonchev–Trinajstić information content (AvgIpc) is 2.84. The molecule has 7 heteroatoms. The summed E-state index contributed by atoms with van der Waals surface area (Å²) in [5.41, 5.74) is 0.254. The minimum absolute atomic E-state index is 0.353. The molecule has 3 rings (SSSR count). The number of halogens is 4. The van der Waals surface area contributed by atoms with E-state index in [0.29, 0.717) is 16.8 Å². The van der Waals surface area contributed by atoms with Crippen LogP contribution in [-0.2, 0) is 6.18 Å². The molecule has 2 heterocycles. The number of hydrogen-bond acceptors (Lipinski definition) is 2. The van der Waals surface area contributed by atoms with Gasteiger partial charge in [0.1, 0.15) is 12.1 Å². The number of benzene rings is 1. The Bertz CT molecular complexity index is 777. The molecule has 0 fully saturated rings. The van der Waals surface area contributed by atoms with Crippen molar-refractivity contribution in [3.63, 3.8) is 0 Å². The summed E-state index contributed by atoms with van der Waals surface area (Å²) in [6.07, 6.45) is -1.61. The molecule has 0 unspecified atom stereocenters. The second-order valence-electron chi connectivity index (χ2n) is 4.21. The summed E-state index contributed by atoms with van der Waals surface area (Å²) in [4.78, 5) is 0. The molecule has 0 aliphatic heterocycles. The summed E-state index contributed by atoms with van der Waals surface area (Å²) in [6, 6.07) is 6.14. The maximum absolute atomic E-state index is 13.5. The van der Waals surface area contributed by atoms with E-state index in [4.69, 9.17) is 0 Å². The van der Waals surface area contributed by atoms with Crippen LogP contribution in [0.4, 0.5) is 17.6 Å². The fraction of sp³-hybridized carbons (Fsp3) is 0.0769. The van der Waals surface area contributed by atoms with Gasteiger partial charge < -0.3 is 0 Å². The van der Waals surface area contributed by atoms with E-state index in [1.54, 1.807) is 22.7 Å². The zero-order chi connectivity index (χ0) is 14.3. The SMILES string of the molecule is Fc1cc(-c2ccc3nncn3c2)ccc1C(F)(F)F. The van der Waals surface area contributed by atoms with Crippen LogP contribution in [0.3, 0.4) is 0 Å². The zero-order valence-electron chi connectivity index (χ0n) is 9.89. The van der Waals surface area contributed by atoms with E-state index in [9.17, 15) is 17.6 Å². The number of aromatic nitrogens is 3. The fourth-order valence-electron chi connectivity index (χ4n) is 1.92. The van der Waals surface area contributed by atoms with E-state index in [2.05, 4.69) is 10.2 Å². The highest BCUT2D eigenvalue weighted by Gasteiger charge is 2.33. The molecule has 0 atom stereocenters. The Kier molecular flexibility index (Phi) is 2.70. The minimum atomic E-state index is -4.69. The number of fused-ring (bicyclic) bond motifs is 1. The second kappa shape index (κ2) is 4.29. The Morgan fingerprint density at radius 1 is 1.00 bits per heavy atom. The Labute approximate surface area is 110 Å². The lowest BCUT2D eigenvalue weighted by atomic mass is 10.0. The van der Waals surface area contributed by atoms with E-state index >= 15 is 0 Å². The molecule has 0 N–H and O–H groups in total. The van der Waals surface area contributed by atoms with Crippen LogP contribution in [-0.4, -0.2) is 14.6 Å². The van der Waals surface area contributed by atoms with Crippen molar-refractivity contribution in [2.75, 3.05) is 0 Å². The van der Waals surface area contributed by atoms with Gasteiger partial charge in [-0.25, -0.2) is 4.39 Å². The molecule has 0 saturated carbocycles. The van der Waals surface area contributed by atoms with Gasteiger partial charge in [-0.05, 0) is 35.4 Å². The highest BCUT2D eigenvalue weighted by atomic mass is 19.4. The molecule has 0 aliphatic rings. The standard InChI is InChI=1S/C13H7F4N3/c14-11-5-8(1-3-10(11)13(15,16)17)9-2-4-12-19-18-7-20(12)6-9/h1-7H. The van der Waals surface area contributed by atoms with Gasteiger partial charge in [0, 0.05) is 6.20 Å². The number of hydrogen-bond donors (Lipinski definition) is 0. The summed E-state index contributed by atoms with van der Waals surface area (Å²) in [6.45, 7) is 0. The summed E-state index contributed by atoms with van der Waals surface area (Å²) in [5.74, 6) is -1.29. The quantitative estimate of drug-likeness (QED) is 0.638. The molecular weight excluding hydrogens is 274 g/mol. The molecule has 1 aromatic carbocycles. The van der Waals surface area contributed by atoms with Gasteiger partial charge in [0.2, 0.25) is 0 Å². The largest absolute Gasteiger partial charge is 0.419 e. The molecular formula is C13H7F4N3. The Hall–Kier alpha value is -2.44. The first kappa shape index (κ1) is 12.6. The predicted molar refractivity (Wildman–Crippen MR) is 63.4 cm³/mol. The van der Waals surface area contributed by atoms with Gasteiger partial charge in [-0.15, -0.1) is 10.2 Å². The molecule has 0 saturated heterocycles. The number of pyridine rings is 1. The number of alkyl halides is 3. The normalized spacial score (nSPS) is 12.0. The lowest BCUT2D eigenvalue weighted by molar-refractivity contribution is -0.139. The highest BCUT2D eigenvalue weighted by Crippen LogP contribution is 2.33. The van der Waals surface area contributed by atoms with Crippen LogP contribution in [0, 0.1) is 5.82 Å². The fourth-order valence-corrected chi connectivity index (χ4v) is 1.92. The monoisotopic (exact) mass is 281 g/mol. The van der Waals surface area contributed by atoms with Crippen molar-refractivity contribution in [3.8, 4) is 11.1 Å². The van der Waals surface area contributed by atoms with E-state index < -0.39 is 17.6 Å². The van der Waals surface area contributed by atoms with Crippen molar-refractivity contribution in [2.45, 2.75) is 6.18 Å². The van der Waals surface area contributed by atoms with Crippen molar-refractivity contribution in [1.29, 1.82) is 0 Å². The van der Waals surface area contributed by atoms with Crippen molar-refractivity contribution in [1.82, 2.24) is 14.6 Å². The average molecular weight is 281 g/mol. The Morgan fingerprint density at radius 2 is 1.75 bits per heavy atom. The number of nitrogens with zero attached hydrogens (tertiary/aromatic N) is 3. The van der Waals surface area contributed by atoms with Crippen LogP contribution in [0.25, 0.3) is 16.8 Å². The second-order valence-corrected chi connectivity index (χ2v) is 4.21. The van der Waals surface area contributed by atoms with Crippen LogP contribution in [0.5, 0.6) is 0 Å². The van der Waals surface area contributed by atoms with Gasteiger partial charge in [-0.2, -0.15) is 13.2 Å². The smallest absolute Gasteiger partial charge is 0.288 e. The van der Waals surface area contributed by atoms with Crippen LogP contribution in [0.15, 0.2) is 42.9 Å². The molecule has 3 aromatic rings. The topological polar surface area (TPSA) is 30.2 Å². The number of rotatable bonds is 1. The van der Waals surface area contributed by atoms with Gasteiger partial charge in [-0.3, -0.25) is 4.40 Å². The summed E-state index contributed by atoms with van der Waals surface area (Å²) >= 11 is 0. The first-order valence-corrected chi connectivity index (χ1v) is 5.62. The van der Waals surface area contributed by atoms with E-state index in [-0.39, 0.29) is 0 Å². The van der Waals surface area contributed by atoms with Crippen LogP contribution >= 0.6 is 0 Å². The zero-order valence-corrected chi connectivity index (χ0v) is 9.89. The first-order chi connectivity index (χ1) is 9.45.